The highest BCUT2D eigenvalue weighted by atomic mass is 16.1. The number of benzene rings is 1. The van der Waals surface area contributed by atoms with Crippen LogP contribution in [0.4, 0.5) is 17.5 Å². The van der Waals surface area contributed by atoms with Crippen molar-refractivity contribution in [2.75, 3.05) is 23.8 Å². The smallest absolute Gasteiger partial charge is 0.228 e. The molecule has 7 nitrogen and oxygen atoms in total. The van der Waals surface area contributed by atoms with Gasteiger partial charge in [-0.3, -0.25) is 10.6 Å². The molecule has 2 unspecified atom stereocenters. The number of aryl methyl sites for hydroxylation is 1. The summed E-state index contributed by atoms with van der Waals surface area (Å²) < 4.78 is 0. The molecule has 0 amide bonds. The van der Waals surface area contributed by atoms with Gasteiger partial charge in [-0.15, -0.1) is 0 Å². The lowest BCUT2D eigenvalue weighted by Gasteiger charge is -2.26. The fourth-order valence-electron chi connectivity index (χ4n) is 3.55. The maximum atomic E-state index is 11.5. The van der Waals surface area contributed by atoms with E-state index in [1.165, 1.54) is 5.56 Å². The van der Waals surface area contributed by atoms with Crippen molar-refractivity contribution in [2.45, 2.75) is 38.5 Å². The Morgan fingerprint density at radius 1 is 1.23 bits per heavy atom. The molecule has 3 N–H and O–H groups in total. The normalized spacial score (nSPS) is 21.5. The summed E-state index contributed by atoms with van der Waals surface area (Å²) in [5, 5.41) is 10.1. The molecule has 0 radical (unpaired) electrons. The number of carbonyl (C=O) groups excluding carboxylic acids is 1. The summed E-state index contributed by atoms with van der Waals surface area (Å²) in [6.07, 6.45) is 3.39. The van der Waals surface area contributed by atoms with Crippen LogP contribution in [0, 0.1) is 6.92 Å². The molecule has 4 rings (SSSR count). The third-order valence-electron chi connectivity index (χ3n) is 5.08. The molecule has 0 spiro atoms. The Morgan fingerprint density at radius 2 is 2.04 bits per heavy atom. The Balaban J connectivity index is 1.72. The second-order valence-corrected chi connectivity index (χ2v) is 6.94. The van der Waals surface area contributed by atoms with Crippen molar-refractivity contribution in [1.29, 1.82) is 0 Å². The Hall–Kier alpha value is -2.51. The lowest BCUT2D eigenvalue weighted by Crippen LogP contribution is -2.40. The standard InChI is InChI=1S/C19H24N6O/c1-12-5-7-13(8-6-12)22-18-17-14(10-21-15(17)11-26)23-19(24-18)25(2)16-4-3-9-20-16/h5-8,11,15-16,20-21H,3-4,9-10H2,1-2H3,(H,22,23,24). The highest BCUT2D eigenvalue weighted by molar-refractivity contribution is 5.72. The fourth-order valence-corrected chi connectivity index (χ4v) is 3.55. The predicted molar refractivity (Wildman–Crippen MR) is 102 cm³/mol. The maximum Gasteiger partial charge on any atom is 0.228 e. The van der Waals surface area contributed by atoms with Gasteiger partial charge < -0.3 is 15.0 Å². The monoisotopic (exact) mass is 352 g/mol. The van der Waals surface area contributed by atoms with Gasteiger partial charge in [0.15, 0.2) is 0 Å². The molecular weight excluding hydrogens is 328 g/mol. The van der Waals surface area contributed by atoms with Crippen molar-refractivity contribution >= 4 is 23.7 Å². The van der Waals surface area contributed by atoms with E-state index in [4.69, 9.17) is 9.97 Å². The van der Waals surface area contributed by atoms with E-state index in [0.29, 0.717) is 18.3 Å². The van der Waals surface area contributed by atoms with Gasteiger partial charge in [0.25, 0.3) is 0 Å². The molecule has 1 fully saturated rings. The van der Waals surface area contributed by atoms with Gasteiger partial charge in [0.1, 0.15) is 12.1 Å². The summed E-state index contributed by atoms with van der Waals surface area (Å²) in [6, 6.07) is 7.76. The van der Waals surface area contributed by atoms with Crippen molar-refractivity contribution in [3.63, 3.8) is 0 Å². The largest absolute Gasteiger partial charge is 0.340 e. The first-order chi connectivity index (χ1) is 12.7. The first-order valence-corrected chi connectivity index (χ1v) is 9.05. The van der Waals surface area contributed by atoms with E-state index in [1.807, 2.05) is 19.2 Å². The van der Waals surface area contributed by atoms with Gasteiger partial charge in [-0.05, 0) is 38.4 Å². The number of nitrogens with zero attached hydrogens (tertiary/aromatic N) is 3. The summed E-state index contributed by atoms with van der Waals surface area (Å²) in [5.41, 5.74) is 3.87. The fraction of sp³-hybridized carbons (Fsp3) is 0.421. The van der Waals surface area contributed by atoms with Crippen LogP contribution in [0.2, 0.25) is 0 Å². The number of hydrogen-bond acceptors (Lipinski definition) is 7. The SMILES string of the molecule is Cc1ccc(Nc2nc(N(C)C3CCCN3)nc3c2C(C=O)NC3)cc1. The molecule has 2 atom stereocenters. The summed E-state index contributed by atoms with van der Waals surface area (Å²) >= 11 is 0. The second kappa shape index (κ2) is 7.01. The van der Waals surface area contributed by atoms with Crippen LogP contribution in [0.1, 0.15) is 35.7 Å². The van der Waals surface area contributed by atoms with E-state index in [0.717, 1.165) is 42.6 Å². The molecule has 1 aromatic carbocycles. The highest BCUT2D eigenvalue weighted by Crippen LogP contribution is 2.32. The van der Waals surface area contributed by atoms with Crippen molar-refractivity contribution in [3.8, 4) is 0 Å². The number of hydrogen-bond donors (Lipinski definition) is 3. The molecule has 0 bridgehead atoms. The number of nitrogens with one attached hydrogen (secondary N) is 3. The van der Waals surface area contributed by atoms with Crippen LogP contribution in [-0.4, -0.2) is 36.0 Å². The molecule has 1 aromatic heterocycles. The maximum absolute atomic E-state index is 11.5. The molecule has 3 heterocycles. The molecule has 0 saturated carbocycles. The zero-order valence-electron chi connectivity index (χ0n) is 15.1. The summed E-state index contributed by atoms with van der Waals surface area (Å²) in [6.45, 7) is 3.64. The first-order valence-electron chi connectivity index (χ1n) is 9.05. The predicted octanol–water partition coefficient (Wildman–Crippen LogP) is 2.02. The summed E-state index contributed by atoms with van der Waals surface area (Å²) in [5.74, 6) is 1.37. The van der Waals surface area contributed by atoms with Gasteiger partial charge in [0.2, 0.25) is 5.95 Å². The van der Waals surface area contributed by atoms with Crippen LogP contribution in [0.25, 0.3) is 0 Å². The number of fused-ring (bicyclic) bond motifs is 1. The molecular formula is C19H24N6O. The van der Waals surface area contributed by atoms with Gasteiger partial charge in [-0.1, -0.05) is 17.7 Å². The number of aldehydes is 1. The molecule has 2 aliphatic rings. The van der Waals surface area contributed by atoms with Crippen molar-refractivity contribution in [3.05, 3.63) is 41.1 Å². The van der Waals surface area contributed by atoms with E-state index in [1.54, 1.807) is 0 Å². The van der Waals surface area contributed by atoms with Crippen LogP contribution in [0.3, 0.4) is 0 Å². The number of carbonyl (C=O) groups is 1. The molecule has 136 valence electrons. The van der Waals surface area contributed by atoms with E-state index in [-0.39, 0.29) is 12.2 Å². The Bertz CT molecular complexity index is 800. The van der Waals surface area contributed by atoms with Crippen LogP contribution in [-0.2, 0) is 11.3 Å². The van der Waals surface area contributed by atoms with Crippen LogP contribution in [0.5, 0.6) is 0 Å². The van der Waals surface area contributed by atoms with E-state index in [2.05, 4.69) is 39.9 Å². The Morgan fingerprint density at radius 3 is 2.73 bits per heavy atom. The minimum atomic E-state index is -0.373. The Kier molecular flexibility index (Phi) is 4.57. The minimum Gasteiger partial charge on any atom is -0.340 e. The molecule has 7 heteroatoms. The van der Waals surface area contributed by atoms with Crippen LogP contribution < -0.4 is 20.9 Å². The number of rotatable bonds is 5. The Labute approximate surface area is 153 Å². The molecule has 2 aliphatic heterocycles. The van der Waals surface area contributed by atoms with Gasteiger partial charge in [0, 0.05) is 24.8 Å². The van der Waals surface area contributed by atoms with Crippen LogP contribution in [0.15, 0.2) is 24.3 Å². The lowest BCUT2D eigenvalue weighted by atomic mass is 10.1. The highest BCUT2D eigenvalue weighted by Gasteiger charge is 2.30. The molecule has 1 saturated heterocycles. The average molecular weight is 352 g/mol. The lowest BCUT2D eigenvalue weighted by molar-refractivity contribution is -0.109. The number of aromatic nitrogens is 2. The molecule has 26 heavy (non-hydrogen) atoms. The minimum absolute atomic E-state index is 0.247. The topological polar surface area (TPSA) is 82.2 Å². The zero-order chi connectivity index (χ0) is 18.1. The van der Waals surface area contributed by atoms with Crippen molar-refractivity contribution in [1.82, 2.24) is 20.6 Å². The second-order valence-electron chi connectivity index (χ2n) is 6.94. The van der Waals surface area contributed by atoms with Gasteiger partial charge in [0.05, 0.1) is 17.9 Å². The van der Waals surface area contributed by atoms with E-state index >= 15 is 0 Å². The molecule has 0 aliphatic carbocycles. The zero-order valence-corrected chi connectivity index (χ0v) is 15.1. The first kappa shape index (κ1) is 16.9. The van der Waals surface area contributed by atoms with E-state index < -0.39 is 0 Å². The average Bonchev–Trinajstić information content (AvgIpc) is 3.32. The van der Waals surface area contributed by atoms with Crippen molar-refractivity contribution < 1.29 is 4.79 Å². The summed E-state index contributed by atoms with van der Waals surface area (Å²) in [4.78, 5) is 23.1. The van der Waals surface area contributed by atoms with Gasteiger partial charge >= 0.3 is 0 Å². The van der Waals surface area contributed by atoms with E-state index in [9.17, 15) is 4.79 Å². The third kappa shape index (κ3) is 3.15. The van der Waals surface area contributed by atoms with Gasteiger partial charge in [-0.2, -0.15) is 4.98 Å². The molecule has 2 aromatic rings. The van der Waals surface area contributed by atoms with Gasteiger partial charge in [-0.25, -0.2) is 4.98 Å². The summed E-state index contributed by atoms with van der Waals surface area (Å²) in [7, 11) is 2.01. The quantitative estimate of drug-likeness (QED) is 0.710. The van der Waals surface area contributed by atoms with Crippen LogP contribution >= 0.6 is 0 Å². The number of anilines is 3. The third-order valence-corrected chi connectivity index (χ3v) is 5.08. The van der Waals surface area contributed by atoms with Crippen molar-refractivity contribution in [2.24, 2.45) is 0 Å².